The van der Waals surface area contributed by atoms with Gasteiger partial charge in [0.1, 0.15) is 0 Å². The lowest BCUT2D eigenvalue weighted by Crippen LogP contribution is -2.24. The fourth-order valence-corrected chi connectivity index (χ4v) is 4.01. The molecule has 0 spiro atoms. The van der Waals surface area contributed by atoms with Crippen molar-refractivity contribution in [1.29, 1.82) is 0 Å². The number of nitrogens with zero attached hydrogens (tertiary/aromatic N) is 3. The second-order valence-electron chi connectivity index (χ2n) is 5.65. The number of aromatic nitrogens is 3. The van der Waals surface area contributed by atoms with Crippen molar-refractivity contribution in [3.63, 3.8) is 0 Å². The molecule has 25 heavy (non-hydrogen) atoms. The Morgan fingerprint density at radius 3 is 2.80 bits per heavy atom. The zero-order valence-corrected chi connectivity index (χ0v) is 15.3. The predicted molar refractivity (Wildman–Crippen MR) is 96.7 cm³/mol. The number of aryl methyl sites for hydroxylation is 2. The van der Waals surface area contributed by atoms with E-state index in [0.717, 1.165) is 11.1 Å². The molecule has 0 aliphatic carbocycles. The summed E-state index contributed by atoms with van der Waals surface area (Å²) >= 11 is 5.94. The molecule has 0 atom stereocenters. The topological polar surface area (TPSA) is 76.9 Å². The van der Waals surface area contributed by atoms with E-state index in [0.29, 0.717) is 16.3 Å². The molecular weight excluding hydrogens is 360 g/mol. The van der Waals surface area contributed by atoms with E-state index in [9.17, 15) is 8.42 Å². The molecule has 3 aromatic rings. The van der Waals surface area contributed by atoms with Gasteiger partial charge >= 0.3 is 0 Å². The standard InChI is InChI=1S/C17H17ClN4O2S/c1-12-5-6-15(18)8-16(12)25(23,24)21-10-13-4-3-7-19-17(13)14-9-20-22(2)11-14/h3-9,11,21H,10H2,1-2H3. The Morgan fingerprint density at radius 1 is 1.28 bits per heavy atom. The summed E-state index contributed by atoms with van der Waals surface area (Å²) in [5.74, 6) is 0. The Hall–Kier alpha value is -2.22. The van der Waals surface area contributed by atoms with Crippen LogP contribution in [0.1, 0.15) is 11.1 Å². The molecule has 2 heterocycles. The molecule has 0 saturated heterocycles. The van der Waals surface area contributed by atoms with Crippen LogP contribution < -0.4 is 4.72 Å². The van der Waals surface area contributed by atoms with Crippen molar-refractivity contribution in [2.24, 2.45) is 7.05 Å². The third kappa shape index (κ3) is 3.89. The van der Waals surface area contributed by atoms with E-state index >= 15 is 0 Å². The lowest BCUT2D eigenvalue weighted by molar-refractivity contribution is 0.580. The number of hydrogen-bond acceptors (Lipinski definition) is 4. The zero-order valence-electron chi connectivity index (χ0n) is 13.8. The summed E-state index contributed by atoms with van der Waals surface area (Å²) in [7, 11) is -1.87. The maximum absolute atomic E-state index is 12.6. The number of nitrogens with one attached hydrogen (secondary N) is 1. The lowest BCUT2D eigenvalue weighted by atomic mass is 10.1. The van der Waals surface area contributed by atoms with Crippen molar-refractivity contribution in [3.8, 4) is 11.3 Å². The number of halogens is 1. The van der Waals surface area contributed by atoms with Gasteiger partial charge in [-0.05, 0) is 36.2 Å². The van der Waals surface area contributed by atoms with E-state index in [-0.39, 0.29) is 11.4 Å². The maximum atomic E-state index is 12.6. The highest BCUT2D eigenvalue weighted by Crippen LogP contribution is 2.23. The van der Waals surface area contributed by atoms with Crippen molar-refractivity contribution >= 4 is 21.6 Å². The first kappa shape index (κ1) is 17.6. The molecule has 6 nitrogen and oxygen atoms in total. The van der Waals surface area contributed by atoms with Crippen LogP contribution in [0.5, 0.6) is 0 Å². The number of rotatable bonds is 5. The average molecular weight is 377 g/mol. The van der Waals surface area contributed by atoms with Crippen molar-refractivity contribution in [1.82, 2.24) is 19.5 Å². The van der Waals surface area contributed by atoms with E-state index < -0.39 is 10.0 Å². The lowest BCUT2D eigenvalue weighted by Gasteiger charge is -2.11. The van der Waals surface area contributed by atoms with Crippen molar-refractivity contribution in [3.05, 3.63) is 65.1 Å². The number of benzene rings is 1. The molecule has 1 aromatic carbocycles. The average Bonchev–Trinajstić information content (AvgIpc) is 3.02. The monoisotopic (exact) mass is 376 g/mol. The van der Waals surface area contributed by atoms with Crippen LogP contribution in [-0.4, -0.2) is 23.2 Å². The summed E-state index contributed by atoms with van der Waals surface area (Å²) in [6.07, 6.45) is 5.20. The fourth-order valence-electron chi connectivity index (χ4n) is 2.50. The first-order chi connectivity index (χ1) is 11.9. The molecule has 0 aliphatic rings. The summed E-state index contributed by atoms with van der Waals surface area (Å²) in [6.45, 7) is 1.85. The van der Waals surface area contributed by atoms with Crippen LogP contribution >= 0.6 is 11.6 Å². The van der Waals surface area contributed by atoms with Crippen LogP contribution in [0.4, 0.5) is 0 Å². The van der Waals surface area contributed by atoms with Gasteiger partial charge in [0, 0.05) is 36.6 Å². The SMILES string of the molecule is Cc1ccc(Cl)cc1S(=O)(=O)NCc1cccnc1-c1cnn(C)c1. The van der Waals surface area contributed by atoms with E-state index in [1.54, 1.807) is 42.2 Å². The molecule has 0 radical (unpaired) electrons. The quantitative estimate of drug-likeness (QED) is 0.742. The third-order valence-electron chi connectivity index (χ3n) is 3.76. The summed E-state index contributed by atoms with van der Waals surface area (Å²) in [5.41, 5.74) is 2.92. The van der Waals surface area contributed by atoms with Crippen LogP contribution in [0, 0.1) is 6.92 Å². The molecule has 3 rings (SSSR count). The minimum absolute atomic E-state index is 0.117. The number of pyridine rings is 1. The zero-order chi connectivity index (χ0) is 18.0. The normalized spacial score (nSPS) is 11.6. The molecule has 8 heteroatoms. The van der Waals surface area contributed by atoms with Crippen LogP contribution in [0.3, 0.4) is 0 Å². The molecule has 0 unspecified atom stereocenters. The Bertz CT molecular complexity index is 1010. The molecule has 0 bridgehead atoms. The van der Waals surface area contributed by atoms with Gasteiger partial charge in [-0.25, -0.2) is 13.1 Å². The highest BCUT2D eigenvalue weighted by atomic mass is 35.5. The molecule has 0 aliphatic heterocycles. The maximum Gasteiger partial charge on any atom is 0.241 e. The summed E-state index contributed by atoms with van der Waals surface area (Å²) in [4.78, 5) is 4.53. The predicted octanol–water partition coefficient (Wildman–Crippen LogP) is 2.92. The van der Waals surface area contributed by atoms with E-state index in [1.165, 1.54) is 6.07 Å². The van der Waals surface area contributed by atoms with E-state index in [1.807, 2.05) is 19.3 Å². The highest BCUT2D eigenvalue weighted by molar-refractivity contribution is 7.89. The smallest absolute Gasteiger partial charge is 0.241 e. The van der Waals surface area contributed by atoms with Gasteiger partial charge in [-0.1, -0.05) is 23.7 Å². The van der Waals surface area contributed by atoms with Gasteiger partial charge in [0.2, 0.25) is 10.0 Å². The second kappa shape index (κ2) is 6.95. The number of hydrogen-bond donors (Lipinski definition) is 1. The third-order valence-corrected chi connectivity index (χ3v) is 5.54. The van der Waals surface area contributed by atoms with Crippen LogP contribution in [-0.2, 0) is 23.6 Å². The van der Waals surface area contributed by atoms with Crippen LogP contribution in [0.25, 0.3) is 11.3 Å². The molecule has 1 N–H and O–H groups in total. The largest absolute Gasteiger partial charge is 0.275 e. The Balaban J connectivity index is 1.88. The molecular formula is C17H17ClN4O2S. The van der Waals surface area contributed by atoms with Crippen molar-refractivity contribution in [2.45, 2.75) is 18.4 Å². The van der Waals surface area contributed by atoms with Gasteiger partial charge in [-0.2, -0.15) is 5.10 Å². The second-order valence-corrected chi connectivity index (χ2v) is 7.82. The Kier molecular flexibility index (Phi) is 4.89. The van der Waals surface area contributed by atoms with Gasteiger partial charge in [0.05, 0.1) is 16.8 Å². The van der Waals surface area contributed by atoms with Gasteiger partial charge in [0.25, 0.3) is 0 Å². The van der Waals surface area contributed by atoms with Gasteiger partial charge in [-0.3, -0.25) is 9.67 Å². The minimum atomic E-state index is -3.69. The first-order valence-electron chi connectivity index (χ1n) is 7.55. The van der Waals surface area contributed by atoms with Crippen LogP contribution in [0.2, 0.25) is 5.02 Å². The van der Waals surface area contributed by atoms with Gasteiger partial charge < -0.3 is 0 Å². The number of sulfonamides is 1. The molecule has 0 saturated carbocycles. The van der Waals surface area contributed by atoms with Gasteiger partial charge in [0.15, 0.2) is 0 Å². The highest BCUT2D eigenvalue weighted by Gasteiger charge is 2.18. The first-order valence-corrected chi connectivity index (χ1v) is 9.41. The Morgan fingerprint density at radius 2 is 2.08 bits per heavy atom. The Labute approximate surface area is 151 Å². The summed E-state index contributed by atoms with van der Waals surface area (Å²) < 4.78 is 29.5. The van der Waals surface area contributed by atoms with Crippen molar-refractivity contribution in [2.75, 3.05) is 0 Å². The van der Waals surface area contributed by atoms with E-state index in [2.05, 4.69) is 14.8 Å². The summed E-state index contributed by atoms with van der Waals surface area (Å²) in [6, 6.07) is 8.40. The molecule has 0 amide bonds. The fraction of sp³-hybridized carbons (Fsp3) is 0.176. The molecule has 0 fully saturated rings. The van der Waals surface area contributed by atoms with Crippen LogP contribution in [0.15, 0.2) is 53.8 Å². The molecule has 2 aromatic heterocycles. The van der Waals surface area contributed by atoms with Gasteiger partial charge in [-0.15, -0.1) is 0 Å². The summed E-state index contributed by atoms with van der Waals surface area (Å²) in [5, 5.41) is 4.51. The molecule has 130 valence electrons. The van der Waals surface area contributed by atoms with E-state index in [4.69, 9.17) is 11.6 Å². The van der Waals surface area contributed by atoms with Crippen molar-refractivity contribution < 1.29 is 8.42 Å². The minimum Gasteiger partial charge on any atom is -0.275 e.